The van der Waals surface area contributed by atoms with Crippen molar-refractivity contribution in [3.63, 3.8) is 0 Å². The highest BCUT2D eigenvalue weighted by atomic mass is 16.5. The summed E-state index contributed by atoms with van der Waals surface area (Å²) in [6, 6.07) is 13.7. The molecule has 7 heteroatoms. The number of rotatable bonds is 8. The lowest BCUT2D eigenvalue weighted by Gasteiger charge is -2.18. The average molecular weight is 383 g/mol. The van der Waals surface area contributed by atoms with Crippen LogP contribution in [0.3, 0.4) is 0 Å². The number of nitrogens with two attached hydrogens (primary N) is 1. The predicted octanol–water partition coefficient (Wildman–Crippen LogP) is 2.80. The summed E-state index contributed by atoms with van der Waals surface area (Å²) in [5.74, 6) is -0.996. The third-order valence-corrected chi connectivity index (χ3v) is 4.28. The van der Waals surface area contributed by atoms with Gasteiger partial charge in [0.25, 0.3) is 0 Å². The average Bonchev–Trinajstić information content (AvgIpc) is 2.67. The molecular weight excluding hydrogens is 358 g/mol. The van der Waals surface area contributed by atoms with Crippen LogP contribution >= 0.6 is 0 Å². The van der Waals surface area contributed by atoms with Crippen LogP contribution in [0.15, 0.2) is 48.5 Å². The fourth-order valence-electron chi connectivity index (χ4n) is 2.51. The number of hydrogen-bond acceptors (Lipinski definition) is 4. The number of primary amides is 1. The minimum atomic E-state index is -0.947. The van der Waals surface area contributed by atoms with Gasteiger partial charge in [0, 0.05) is 12.1 Å². The molecule has 0 radical (unpaired) electrons. The van der Waals surface area contributed by atoms with Gasteiger partial charge >= 0.3 is 6.09 Å². The molecular formula is C21H25N3O4. The Kier molecular flexibility index (Phi) is 7.56. The van der Waals surface area contributed by atoms with E-state index < -0.39 is 23.9 Å². The first-order valence-electron chi connectivity index (χ1n) is 8.99. The van der Waals surface area contributed by atoms with E-state index in [0.29, 0.717) is 5.69 Å². The molecule has 3 amide bonds. The molecule has 0 saturated carbocycles. The van der Waals surface area contributed by atoms with E-state index in [4.69, 9.17) is 10.5 Å². The van der Waals surface area contributed by atoms with Gasteiger partial charge in [-0.3, -0.25) is 9.59 Å². The molecule has 7 nitrogen and oxygen atoms in total. The number of alkyl carbamates (subject to hydrolysis) is 1. The van der Waals surface area contributed by atoms with Gasteiger partial charge in [0.05, 0.1) is 0 Å². The zero-order valence-electron chi connectivity index (χ0n) is 16.0. The van der Waals surface area contributed by atoms with Crippen molar-refractivity contribution in [3.8, 4) is 0 Å². The first kappa shape index (κ1) is 21.0. The number of hydrogen-bond donors (Lipinski definition) is 3. The molecule has 0 aliphatic rings. The van der Waals surface area contributed by atoms with Crippen molar-refractivity contribution in [3.05, 3.63) is 65.2 Å². The maximum atomic E-state index is 12.6. The van der Waals surface area contributed by atoms with Crippen molar-refractivity contribution in [2.45, 2.75) is 39.3 Å². The van der Waals surface area contributed by atoms with E-state index in [1.54, 1.807) is 6.07 Å². The predicted molar refractivity (Wildman–Crippen MR) is 107 cm³/mol. The highest BCUT2D eigenvalue weighted by Gasteiger charge is 2.22. The van der Waals surface area contributed by atoms with E-state index in [2.05, 4.69) is 10.6 Å². The van der Waals surface area contributed by atoms with Crippen molar-refractivity contribution in [1.82, 2.24) is 5.32 Å². The maximum Gasteiger partial charge on any atom is 0.408 e. The lowest BCUT2D eigenvalue weighted by molar-refractivity contribution is -0.119. The molecule has 2 aromatic carbocycles. The lowest BCUT2D eigenvalue weighted by atomic mass is 10.1. The third-order valence-electron chi connectivity index (χ3n) is 4.28. The van der Waals surface area contributed by atoms with E-state index in [1.165, 1.54) is 0 Å². The van der Waals surface area contributed by atoms with Crippen LogP contribution < -0.4 is 16.4 Å². The van der Waals surface area contributed by atoms with Crippen molar-refractivity contribution in [1.29, 1.82) is 0 Å². The van der Waals surface area contributed by atoms with Crippen molar-refractivity contribution >= 4 is 23.6 Å². The van der Waals surface area contributed by atoms with Crippen LogP contribution in [-0.2, 0) is 20.9 Å². The van der Waals surface area contributed by atoms with Gasteiger partial charge in [-0.15, -0.1) is 0 Å². The molecule has 0 aliphatic heterocycles. The fraction of sp³-hybridized carbons (Fsp3) is 0.286. The molecule has 0 aliphatic carbocycles. The third kappa shape index (κ3) is 6.75. The number of anilines is 1. The van der Waals surface area contributed by atoms with Crippen LogP contribution in [-0.4, -0.2) is 23.9 Å². The Morgan fingerprint density at radius 3 is 2.39 bits per heavy atom. The Labute approximate surface area is 164 Å². The van der Waals surface area contributed by atoms with Gasteiger partial charge in [-0.05, 0) is 49.1 Å². The standard InChI is InChI=1S/C21H25N3O4/c1-14-8-9-17(12-15(14)2)23-20(26)18(10-11-19(22)25)24-21(27)28-13-16-6-4-3-5-7-16/h3-9,12,18H,10-11,13H2,1-2H3,(H2,22,25)(H,23,26)(H,24,27). The number of benzene rings is 2. The fourth-order valence-corrected chi connectivity index (χ4v) is 2.51. The summed E-state index contributed by atoms with van der Waals surface area (Å²) >= 11 is 0. The smallest absolute Gasteiger partial charge is 0.408 e. The van der Waals surface area contributed by atoms with Crippen molar-refractivity contribution in [2.24, 2.45) is 5.73 Å². The number of ether oxygens (including phenoxy) is 1. The highest BCUT2D eigenvalue weighted by molar-refractivity contribution is 5.97. The van der Waals surface area contributed by atoms with Crippen LogP contribution in [0.5, 0.6) is 0 Å². The maximum absolute atomic E-state index is 12.6. The minimum Gasteiger partial charge on any atom is -0.445 e. The molecule has 0 aromatic heterocycles. The van der Waals surface area contributed by atoms with Gasteiger partial charge in [0.15, 0.2) is 0 Å². The Balaban J connectivity index is 1.98. The Morgan fingerprint density at radius 2 is 1.75 bits per heavy atom. The number of nitrogens with one attached hydrogen (secondary N) is 2. The Hall–Kier alpha value is -3.35. The van der Waals surface area contributed by atoms with E-state index in [1.807, 2.05) is 56.3 Å². The summed E-state index contributed by atoms with van der Waals surface area (Å²) in [5.41, 5.74) is 8.75. The summed E-state index contributed by atoms with van der Waals surface area (Å²) in [4.78, 5) is 35.8. The van der Waals surface area contributed by atoms with Crippen LogP contribution in [0, 0.1) is 13.8 Å². The zero-order valence-corrected chi connectivity index (χ0v) is 16.0. The summed E-state index contributed by atoms with van der Waals surface area (Å²) in [5, 5.41) is 5.26. The molecule has 4 N–H and O–H groups in total. The monoisotopic (exact) mass is 383 g/mol. The molecule has 148 valence electrons. The van der Waals surface area contributed by atoms with Crippen molar-refractivity contribution < 1.29 is 19.1 Å². The van der Waals surface area contributed by atoms with Crippen LogP contribution in [0.1, 0.15) is 29.5 Å². The Morgan fingerprint density at radius 1 is 1.04 bits per heavy atom. The lowest BCUT2D eigenvalue weighted by Crippen LogP contribution is -2.44. The number of aryl methyl sites for hydroxylation is 2. The van der Waals surface area contributed by atoms with Crippen LogP contribution in [0.2, 0.25) is 0 Å². The second kappa shape index (κ2) is 10.1. The second-order valence-electron chi connectivity index (χ2n) is 6.55. The van der Waals surface area contributed by atoms with E-state index in [9.17, 15) is 14.4 Å². The Bertz CT molecular complexity index is 837. The molecule has 0 saturated heterocycles. The molecule has 1 atom stereocenters. The van der Waals surface area contributed by atoms with Gasteiger partial charge in [0.2, 0.25) is 11.8 Å². The number of amides is 3. The van der Waals surface area contributed by atoms with E-state index in [0.717, 1.165) is 16.7 Å². The van der Waals surface area contributed by atoms with Gasteiger partial charge in [-0.2, -0.15) is 0 Å². The summed E-state index contributed by atoms with van der Waals surface area (Å²) in [6.45, 7) is 3.99. The molecule has 28 heavy (non-hydrogen) atoms. The quantitative estimate of drug-likeness (QED) is 0.651. The highest BCUT2D eigenvalue weighted by Crippen LogP contribution is 2.15. The number of carbonyl (C=O) groups is 3. The second-order valence-corrected chi connectivity index (χ2v) is 6.55. The first-order chi connectivity index (χ1) is 13.3. The molecule has 0 spiro atoms. The van der Waals surface area contributed by atoms with Crippen LogP contribution in [0.4, 0.5) is 10.5 Å². The summed E-state index contributed by atoms with van der Waals surface area (Å²) in [7, 11) is 0. The molecule has 1 unspecified atom stereocenters. The van der Waals surface area contributed by atoms with Crippen molar-refractivity contribution in [2.75, 3.05) is 5.32 Å². The molecule has 2 rings (SSSR count). The molecule has 0 fully saturated rings. The first-order valence-corrected chi connectivity index (χ1v) is 8.99. The van der Waals surface area contributed by atoms with Gasteiger partial charge < -0.3 is 21.1 Å². The van der Waals surface area contributed by atoms with Gasteiger partial charge in [0.1, 0.15) is 12.6 Å². The van der Waals surface area contributed by atoms with E-state index >= 15 is 0 Å². The van der Waals surface area contributed by atoms with Crippen LogP contribution in [0.25, 0.3) is 0 Å². The zero-order chi connectivity index (χ0) is 20.5. The minimum absolute atomic E-state index is 0.0377. The van der Waals surface area contributed by atoms with Gasteiger partial charge in [-0.25, -0.2) is 4.79 Å². The molecule has 0 heterocycles. The number of carbonyl (C=O) groups excluding carboxylic acids is 3. The molecule has 2 aromatic rings. The largest absolute Gasteiger partial charge is 0.445 e. The topological polar surface area (TPSA) is 111 Å². The normalized spacial score (nSPS) is 11.4. The summed E-state index contributed by atoms with van der Waals surface area (Å²) in [6.07, 6.45) is -0.704. The van der Waals surface area contributed by atoms with Gasteiger partial charge in [-0.1, -0.05) is 36.4 Å². The SMILES string of the molecule is Cc1ccc(NC(=O)C(CCC(N)=O)NC(=O)OCc2ccccc2)cc1C. The summed E-state index contributed by atoms with van der Waals surface area (Å²) < 4.78 is 5.15. The van der Waals surface area contributed by atoms with E-state index in [-0.39, 0.29) is 19.4 Å². The molecule has 0 bridgehead atoms.